The number of fused-ring (bicyclic) bond motifs is 1. The molecule has 0 spiro atoms. The molecule has 0 N–H and O–H groups in total. The number of aromatic nitrogens is 1. The van der Waals surface area contributed by atoms with Gasteiger partial charge in [0, 0.05) is 48.7 Å². The van der Waals surface area contributed by atoms with Crippen LogP contribution in [0.5, 0.6) is 0 Å². The lowest BCUT2D eigenvalue weighted by molar-refractivity contribution is -0.118. The number of piperidine rings is 1. The Morgan fingerprint density at radius 3 is 2.36 bits per heavy atom. The standard InChI is InChI=1S/C30H35FN2O3/c1-5-6-19(2)28(34)29(35)26-18-32(4)27-15-20(3)24(17-25(26)27)30(36)33-13-11-22(12-14-33)16-21-7-9-23(31)10-8-21/h7-10,15,17-19,22H,5-6,11-14,16H2,1-4H3. The minimum Gasteiger partial charge on any atom is -0.350 e. The van der Waals surface area contributed by atoms with Crippen molar-refractivity contribution in [2.24, 2.45) is 18.9 Å². The number of halogens is 1. The number of aryl methyl sites for hydroxylation is 2. The van der Waals surface area contributed by atoms with Crippen LogP contribution < -0.4 is 0 Å². The second-order valence-corrected chi connectivity index (χ2v) is 10.3. The van der Waals surface area contributed by atoms with Gasteiger partial charge in [0.2, 0.25) is 11.6 Å². The van der Waals surface area contributed by atoms with Crippen molar-refractivity contribution in [1.82, 2.24) is 9.47 Å². The Hall–Kier alpha value is -3.28. The predicted octanol–water partition coefficient (Wildman–Crippen LogP) is 5.91. The summed E-state index contributed by atoms with van der Waals surface area (Å²) in [5.74, 6) is -0.985. The lowest BCUT2D eigenvalue weighted by Crippen LogP contribution is -2.39. The summed E-state index contributed by atoms with van der Waals surface area (Å²) >= 11 is 0. The number of benzene rings is 2. The van der Waals surface area contributed by atoms with Crippen LogP contribution in [0.2, 0.25) is 0 Å². The fraction of sp³-hybridized carbons (Fsp3) is 0.433. The van der Waals surface area contributed by atoms with E-state index in [0.717, 1.165) is 42.3 Å². The zero-order valence-corrected chi connectivity index (χ0v) is 21.6. The molecule has 6 heteroatoms. The highest BCUT2D eigenvalue weighted by Gasteiger charge is 2.28. The number of amides is 1. The second-order valence-electron chi connectivity index (χ2n) is 10.3. The summed E-state index contributed by atoms with van der Waals surface area (Å²) < 4.78 is 15.0. The molecule has 5 nitrogen and oxygen atoms in total. The summed E-state index contributed by atoms with van der Waals surface area (Å²) in [4.78, 5) is 41.2. The van der Waals surface area contributed by atoms with E-state index in [9.17, 15) is 18.8 Å². The number of likely N-dealkylation sites (tertiary alicyclic amines) is 1. The van der Waals surface area contributed by atoms with Gasteiger partial charge in [0.1, 0.15) is 5.82 Å². The average Bonchev–Trinajstić information content (AvgIpc) is 3.19. The Kier molecular flexibility index (Phi) is 7.72. The van der Waals surface area contributed by atoms with E-state index in [1.807, 2.05) is 48.6 Å². The van der Waals surface area contributed by atoms with Crippen LogP contribution in [0.4, 0.5) is 4.39 Å². The topological polar surface area (TPSA) is 59.4 Å². The van der Waals surface area contributed by atoms with Gasteiger partial charge in [-0.1, -0.05) is 32.4 Å². The average molecular weight is 491 g/mol. The number of carbonyl (C=O) groups is 3. The SMILES string of the molecule is CCCC(C)C(=O)C(=O)c1cn(C)c2cc(C)c(C(=O)N3CCC(Cc4ccc(F)cc4)CC3)cc12. The van der Waals surface area contributed by atoms with Gasteiger partial charge in [-0.2, -0.15) is 0 Å². The third kappa shape index (κ3) is 5.28. The predicted molar refractivity (Wildman–Crippen MR) is 140 cm³/mol. The maximum absolute atomic E-state index is 13.5. The molecule has 4 rings (SSSR count). The van der Waals surface area contributed by atoms with Crippen LogP contribution in [0.1, 0.15) is 71.4 Å². The van der Waals surface area contributed by atoms with Crippen molar-refractivity contribution in [1.29, 1.82) is 0 Å². The van der Waals surface area contributed by atoms with Crippen molar-refractivity contribution in [2.45, 2.75) is 52.9 Å². The smallest absolute Gasteiger partial charge is 0.254 e. The van der Waals surface area contributed by atoms with E-state index >= 15 is 0 Å². The molecular formula is C30H35FN2O3. The Morgan fingerprint density at radius 1 is 1.06 bits per heavy atom. The second kappa shape index (κ2) is 10.8. The molecule has 1 saturated heterocycles. The van der Waals surface area contributed by atoms with Crippen molar-refractivity contribution in [2.75, 3.05) is 13.1 Å². The van der Waals surface area contributed by atoms with Gasteiger partial charge in [-0.15, -0.1) is 0 Å². The number of nitrogens with zero attached hydrogens (tertiary/aromatic N) is 2. The van der Waals surface area contributed by atoms with E-state index < -0.39 is 5.78 Å². The van der Waals surface area contributed by atoms with Gasteiger partial charge in [-0.3, -0.25) is 14.4 Å². The fourth-order valence-corrected chi connectivity index (χ4v) is 5.33. The minimum atomic E-state index is -0.481. The van der Waals surface area contributed by atoms with Gasteiger partial charge >= 0.3 is 0 Å². The number of hydrogen-bond donors (Lipinski definition) is 0. The van der Waals surface area contributed by atoms with Crippen LogP contribution in [0.25, 0.3) is 10.9 Å². The van der Waals surface area contributed by atoms with E-state index in [4.69, 9.17) is 0 Å². The van der Waals surface area contributed by atoms with Crippen LogP contribution in [-0.2, 0) is 18.3 Å². The zero-order valence-electron chi connectivity index (χ0n) is 21.6. The first-order chi connectivity index (χ1) is 17.2. The number of ketones is 2. The molecule has 0 saturated carbocycles. The molecule has 1 aliphatic heterocycles. The fourth-order valence-electron chi connectivity index (χ4n) is 5.33. The van der Waals surface area contributed by atoms with Gasteiger partial charge in [-0.25, -0.2) is 4.39 Å². The van der Waals surface area contributed by atoms with E-state index in [1.54, 1.807) is 19.2 Å². The van der Waals surface area contributed by atoms with E-state index in [0.29, 0.717) is 41.9 Å². The molecular weight excluding hydrogens is 455 g/mol. The Morgan fingerprint density at radius 2 is 1.72 bits per heavy atom. The molecule has 2 heterocycles. The van der Waals surface area contributed by atoms with Crippen LogP contribution in [-0.4, -0.2) is 40.0 Å². The third-order valence-corrected chi connectivity index (χ3v) is 7.54. The Balaban J connectivity index is 1.52. The highest BCUT2D eigenvalue weighted by Crippen LogP contribution is 2.29. The molecule has 2 aromatic carbocycles. The number of rotatable bonds is 8. The summed E-state index contributed by atoms with van der Waals surface area (Å²) in [6.45, 7) is 7.04. The number of Topliss-reactive ketones (excluding diaryl/α,β-unsaturated/α-hetero) is 2. The molecule has 1 atom stereocenters. The monoisotopic (exact) mass is 490 g/mol. The summed E-state index contributed by atoms with van der Waals surface area (Å²) in [5, 5.41) is 0.652. The molecule has 1 fully saturated rings. The van der Waals surface area contributed by atoms with Crippen molar-refractivity contribution in [3.63, 3.8) is 0 Å². The highest BCUT2D eigenvalue weighted by atomic mass is 19.1. The van der Waals surface area contributed by atoms with Crippen molar-refractivity contribution >= 4 is 28.4 Å². The normalized spacial score (nSPS) is 15.3. The molecule has 1 aromatic heterocycles. The molecule has 36 heavy (non-hydrogen) atoms. The van der Waals surface area contributed by atoms with Gasteiger partial charge in [-0.05, 0) is 73.9 Å². The molecule has 190 valence electrons. The number of hydrogen-bond acceptors (Lipinski definition) is 3. The molecule has 0 bridgehead atoms. The summed E-state index contributed by atoms with van der Waals surface area (Å²) in [6, 6.07) is 10.4. The lowest BCUT2D eigenvalue weighted by atomic mass is 9.89. The molecule has 3 aromatic rings. The third-order valence-electron chi connectivity index (χ3n) is 7.54. The van der Waals surface area contributed by atoms with Crippen molar-refractivity contribution in [3.05, 3.63) is 70.7 Å². The van der Waals surface area contributed by atoms with Crippen LogP contribution >= 0.6 is 0 Å². The van der Waals surface area contributed by atoms with Gasteiger partial charge in [0.05, 0.1) is 5.56 Å². The maximum Gasteiger partial charge on any atom is 0.254 e. The first-order valence-electron chi connectivity index (χ1n) is 12.9. The molecule has 0 aliphatic carbocycles. The Bertz CT molecular complexity index is 1280. The molecule has 0 radical (unpaired) electrons. The van der Waals surface area contributed by atoms with E-state index in [1.165, 1.54) is 12.1 Å². The van der Waals surface area contributed by atoms with Crippen LogP contribution in [0, 0.1) is 24.6 Å². The minimum absolute atomic E-state index is 0.0393. The van der Waals surface area contributed by atoms with Crippen molar-refractivity contribution < 1.29 is 18.8 Å². The molecule has 1 aliphatic rings. The summed E-state index contributed by atoms with van der Waals surface area (Å²) in [6.07, 6.45) is 5.89. The summed E-state index contributed by atoms with van der Waals surface area (Å²) in [7, 11) is 1.85. The summed E-state index contributed by atoms with van der Waals surface area (Å²) in [5.41, 5.74) is 3.75. The Labute approximate surface area is 212 Å². The molecule has 1 unspecified atom stereocenters. The first-order valence-corrected chi connectivity index (χ1v) is 12.9. The lowest BCUT2D eigenvalue weighted by Gasteiger charge is -2.32. The first kappa shape index (κ1) is 25.8. The van der Waals surface area contributed by atoms with E-state index in [-0.39, 0.29) is 23.4 Å². The van der Waals surface area contributed by atoms with E-state index in [2.05, 4.69) is 0 Å². The number of carbonyl (C=O) groups excluding carboxylic acids is 3. The quantitative estimate of drug-likeness (QED) is 0.291. The largest absolute Gasteiger partial charge is 0.350 e. The zero-order chi connectivity index (χ0) is 26.0. The van der Waals surface area contributed by atoms with Crippen LogP contribution in [0.15, 0.2) is 42.6 Å². The van der Waals surface area contributed by atoms with Crippen LogP contribution in [0.3, 0.4) is 0 Å². The molecule has 1 amide bonds. The van der Waals surface area contributed by atoms with Gasteiger partial charge < -0.3 is 9.47 Å². The highest BCUT2D eigenvalue weighted by molar-refractivity contribution is 6.46. The van der Waals surface area contributed by atoms with Gasteiger partial charge in [0.15, 0.2) is 0 Å². The maximum atomic E-state index is 13.5. The van der Waals surface area contributed by atoms with Gasteiger partial charge in [0.25, 0.3) is 5.91 Å². The van der Waals surface area contributed by atoms with Crippen molar-refractivity contribution in [3.8, 4) is 0 Å².